The van der Waals surface area contributed by atoms with Crippen molar-refractivity contribution in [1.29, 1.82) is 5.26 Å². The molecule has 0 radical (unpaired) electrons. The van der Waals surface area contributed by atoms with Crippen LogP contribution < -0.4 is 0 Å². The summed E-state index contributed by atoms with van der Waals surface area (Å²) in [6, 6.07) is 20.9. The van der Waals surface area contributed by atoms with Crippen LogP contribution >= 0.6 is 0 Å². The van der Waals surface area contributed by atoms with Gasteiger partial charge < -0.3 is 4.57 Å². The number of carbonyl (C=O) groups excluding carboxylic acids is 1. The molecule has 0 amide bonds. The van der Waals surface area contributed by atoms with Gasteiger partial charge in [-0.1, -0.05) is 42.5 Å². The van der Waals surface area contributed by atoms with Gasteiger partial charge >= 0.3 is 0 Å². The summed E-state index contributed by atoms with van der Waals surface area (Å²) in [6.07, 6.45) is 0. The summed E-state index contributed by atoms with van der Waals surface area (Å²) < 4.78 is 1.79. The lowest BCUT2D eigenvalue weighted by Gasteiger charge is -2.07. The Labute approximate surface area is 149 Å². The highest BCUT2D eigenvalue weighted by Crippen LogP contribution is 2.25. The summed E-state index contributed by atoms with van der Waals surface area (Å²) in [5, 5.41) is 16.6. The maximum absolute atomic E-state index is 12.9. The van der Waals surface area contributed by atoms with E-state index >= 15 is 0 Å². The summed E-state index contributed by atoms with van der Waals surface area (Å²) in [7, 11) is 1.81. The highest BCUT2D eigenvalue weighted by Gasteiger charge is 2.28. The molecule has 2 heterocycles. The highest BCUT2D eigenvalue weighted by atomic mass is 16.1. The molecule has 1 N–H and O–H groups in total. The number of fused-ring (bicyclic) bond motifs is 1. The summed E-state index contributed by atoms with van der Waals surface area (Å²) in [5.74, 6) is -0.924. The van der Waals surface area contributed by atoms with Gasteiger partial charge in [-0.3, -0.25) is 9.89 Å². The van der Waals surface area contributed by atoms with Crippen molar-refractivity contribution in [3.8, 4) is 17.3 Å². The molecule has 0 fully saturated rings. The third-order valence-corrected chi connectivity index (χ3v) is 4.38. The van der Waals surface area contributed by atoms with E-state index in [1.165, 1.54) is 0 Å². The summed E-state index contributed by atoms with van der Waals surface area (Å²) in [5.41, 5.74) is 3.50. The lowest BCUT2D eigenvalue weighted by molar-refractivity contribution is 0.0970. The fourth-order valence-electron chi connectivity index (χ4n) is 3.02. The number of Topliss-reactive ketones (excluding diaryl/α,β-unsaturated/α-hetero) is 1. The number of carbonyl (C=O) groups is 1. The molecule has 0 saturated heterocycles. The van der Waals surface area contributed by atoms with Crippen molar-refractivity contribution in [3.63, 3.8) is 0 Å². The number of nitrogens with one attached hydrogen (secondary N) is 1. The van der Waals surface area contributed by atoms with Crippen molar-refractivity contribution in [3.05, 3.63) is 72.2 Å². The van der Waals surface area contributed by atoms with E-state index in [1.54, 1.807) is 10.6 Å². The molecule has 26 heavy (non-hydrogen) atoms. The van der Waals surface area contributed by atoms with Crippen LogP contribution in [0.3, 0.4) is 0 Å². The van der Waals surface area contributed by atoms with E-state index in [9.17, 15) is 10.1 Å². The van der Waals surface area contributed by atoms with Crippen molar-refractivity contribution in [2.24, 2.45) is 7.05 Å². The van der Waals surface area contributed by atoms with Gasteiger partial charge in [0.2, 0.25) is 5.78 Å². The average Bonchev–Trinajstić information content (AvgIpc) is 3.29. The topological polar surface area (TPSA) is 87.4 Å². The molecule has 0 aliphatic carbocycles. The number of hydrogen-bond acceptors (Lipinski definition) is 4. The monoisotopic (exact) mass is 341 g/mol. The molecule has 6 nitrogen and oxygen atoms in total. The molecule has 0 spiro atoms. The number of ketones is 1. The lowest BCUT2D eigenvalue weighted by Crippen LogP contribution is -2.16. The standard InChI is InChI=1S/C20H15N5O/c1-25-18-10-6-5-9-15(18)22-20(25)14(12-21)19(26)17-11-16(23-24-17)13-7-3-2-4-8-13/h2-11,14H,1H3,(H,23,24)/t14-/m1/s1. The zero-order chi connectivity index (χ0) is 18.1. The van der Waals surface area contributed by atoms with Gasteiger partial charge in [-0.2, -0.15) is 10.4 Å². The van der Waals surface area contributed by atoms with Gasteiger partial charge in [0.1, 0.15) is 11.5 Å². The highest BCUT2D eigenvalue weighted by molar-refractivity contribution is 6.01. The van der Waals surface area contributed by atoms with Crippen LogP contribution in [0, 0.1) is 11.3 Å². The molecule has 2 aromatic heterocycles. The largest absolute Gasteiger partial charge is 0.330 e. The summed E-state index contributed by atoms with van der Waals surface area (Å²) in [4.78, 5) is 17.4. The van der Waals surface area contributed by atoms with E-state index < -0.39 is 5.92 Å². The van der Waals surface area contributed by atoms with Crippen LogP contribution in [0.1, 0.15) is 22.2 Å². The van der Waals surface area contributed by atoms with Crippen molar-refractivity contribution in [2.45, 2.75) is 5.92 Å². The fraction of sp³-hybridized carbons (Fsp3) is 0.100. The Morgan fingerprint density at radius 3 is 2.62 bits per heavy atom. The maximum atomic E-state index is 12.9. The Bertz CT molecular complexity index is 1130. The van der Waals surface area contributed by atoms with E-state index in [4.69, 9.17) is 0 Å². The second-order valence-electron chi connectivity index (χ2n) is 5.98. The van der Waals surface area contributed by atoms with Crippen LogP contribution in [0.4, 0.5) is 0 Å². The van der Waals surface area contributed by atoms with Crippen LogP contribution in [0.2, 0.25) is 0 Å². The van der Waals surface area contributed by atoms with Crippen LogP contribution in [0.15, 0.2) is 60.7 Å². The van der Waals surface area contributed by atoms with Crippen LogP contribution in [-0.2, 0) is 7.05 Å². The van der Waals surface area contributed by atoms with E-state index in [0.717, 1.165) is 16.6 Å². The quantitative estimate of drug-likeness (QED) is 0.576. The zero-order valence-corrected chi connectivity index (χ0v) is 14.0. The molecular weight excluding hydrogens is 326 g/mol. The van der Waals surface area contributed by atoms with Crippen molar-refractivity contribution < 1.29 is 4.79 Å². The molecule has 0 aliphatic rings. The fourth-order valence-corrected chi connectivity index (χ4v) is 3.02. The number of aromatic nitrogens is 4. The van der Waals surface area contributed by atoms with E-state index in [2.05, 4.69) is 21.3 Å². The first-order chi connectivity index (χ1) is 12.7. The molecular formula is C20H15N5O. The van der Waals surface area contributed by atoms with Crippen LogP contribution in [0.25, 0.3) is 22.3 Å². The molecule has 0 bridgehead atoms. The molecule has 4 rings (SSSR count). The number of rotatable bonds is 4. The second kappa shape index (κ2) is 6.30. The van der Waals surface area contributed by atoms with Crippen molar-refractivity contribution >= 4 is 16.8 Å². The van der Waals surface area contributed by atoms with Crippen LogP contribution in [0.5, 0.6) is 0 Å². The molecule has 2 aromatic carbocycles. The first-order valence-electron chi connectivity index (χ1n) is 8.15. The third-order valence-electron chi connectivity index (χ3n) is 4.38. The number of aryl methyl sites for hydroxylation is 1. The van der Waals surface area contributed by atoms with Gasteiger partial charge in [-0.15, -0.1) is 0 Å². The van der Waals surface area contributed by atoms with Gasteiger partial charge in [-0.05, 0) is 18.2 Å². The number of H-pyrrole nitrogens is 1. The minimum Gasteiger partial charge on any atom is -0.330 e. The molecule has 0 aliphatic heterocycles. The smallest absolute Gasteiger partial charge is 0.205 e. The minimum atomic E-state index is -1.00. The normalized spacial score (nSPS) is 12.0. The number of aromatic amines is 1. The number of nitrogens with zero attached hydrogens (tertiary/aromatic N) is 4. The van der Waals surface area contributed by atoms with Gasteiger partial charge in [0.05, 0.1) is 22.8 Å². The number of nitriles is 1. The SMILES string of the molecule is Cn1c([C@H](C#N)C(=O)c2cc(-c3ccccc3)n[nH]2)nc2ccccc21. The van der Waals surface area contributed by atoms with Gasteiger partial charge in [-0.25, -0.2) is 4.98 Å². The summed E-state index contributed by atoms with van der Waals surface area (Å²) in [6.45, 7) is 0. The molecule has 1 atom stereocenters. The lowest BCUT2D eigenvalue weighted by atomic mass is 10.0. The Kier molecular flexibility index (Phi) is 3.82. The van der Waals surface area contributed by atoms with Crippen molar-refractivity contribution in [2.75, 3.05) is 0 Å². The maximum Gasteiger partial charge on any atom is 0.205 e. The molecule has 126 valence electrons. The number of hydrogen-bond donors (Lipinski definition) is 1. The number of imidazole rings is 1. The first-order valence-corrected chi connectivity index (χ1v) is 8.15. The number of para-hydroxylation sites is 2. The first kappa shape index (κ1) is 15.8. The van der Waals surface area contributed by atoms with E-state index in [-0.39, 0.29) is 5.78 Å². The predicted octanol–water partition coefficient (Wildman–Crippen LogP) is 3.45. The second-order valence-corrected chi connectivity index (χ2v) is 5.98. The number of benzene rings is 2. The predicted molar refractivity (Wildman–Crippen MR) is 97.4 cm³/mol. The average molecular weight is 341 g/mol. The van der Waals surface area contributed by atoms with Crippen LogP contribution in [-0.4, -0.2) is 25.5 Å². The third kappa shape index (κ3) is 2.56. The zero-order valence-electron chi connectivity index (χ0n) is 14.0. The molecule has 4 aromatic rings. The van der Waals surface area contributed by atoms with E-state index in [0.29, 0.717) is 17.2 Å². The van der Waals surface area contributed by atoms with Gasteiger partial charge in [0.15, 0.2) is 5.92 Å². The van der Waals surface area contributed by atoms with Crippen molar-refractivity contribution in [1.82, 2.24) is 19.7 Å². The molecule has 6 heteroatoms. The minimum absolute atomic E-state index is 0.294. The van der Waals surface area contributed by atoms with Gasteiger partial charge in [0, 0.05) is 12.6 Å². The Morgan fingerprint density at radius 1 is 1.15 bits per heavy atom. The Balaban J connectivity index is 1.71. The Hall–Kier alpha value is -3.72. The molecule has 0 saturated carbocycles. The van der Waals surface area contributed by atoms with E-state index in [1.807, 2.05) is 61.6 Å². The van der Waals surface area contributed by atoms with Gasteiger partial charge in [0.25, 0.3) is 0 Å². The molecule has 0 unspecified atom stereocenters. The Morgan fingerprint density at radius 2 is 1.88 bits per heavy atom. The summed E-state index contributed by atoms with van der Waals surface area (Å²) >= 11 is 0.